The normalized spacial score (nSPS) is 12.3. The predicted molar refractivity (Wildman–Crippen MR) is 90.4 cm³/mol. The Balaban J connectivity index is 2.04. The molecular formula is C17H25N4O2+. The van der Waals surface area contributed by atoms with Gasteiger partial charge in [0.15, 0.2) is 12.4 Å². The van der Waals surface area contributed by atoms with Crippen molar-refractivity contribution < 1.29 is 9.69 Å². The highest BCUT2D eigenvalue weighted by Gasteiger charge is 2.15. The maximum absolute atomic E-state index is 12.1. The third kappa shape index (κ3) is 4.89. The Morgan fingerprint density at radius 1 is 1.30 bits per heavy atom. The molecule has 0 saturated carbocycles. The zero-order valence-corrected chi connectivity index (χ0v) is 13.8. The van der Waals surface area contributed by atoms with Crippen molar-refractivity contribution in [1.82, 2.24) is 15.3 Å². The number of hydrogen-bond donors (Lipinski definition) is 3. The average molecular weight is 317 g/mol. The van der Waals surface area contributed by atoms with E-state index in [9.17, 15) is 9.59 Å². The van der Waals surface area contributed by atoms with Gasteiger partial charge >= 0.3 is 0 Å². The number of fused-ring (bicyclic) bond motifs is 1. The van der Waals surface area contributed by atoms with Crippen LogP contribution < -0.4 is 15.8 Å². The lowest BCUT2D eigenvalue weighted by molar-refractivity contribution is -0.904. The molecule has 0 spiro atoms. The molecule has 23 heavy (non-hydrogen) atoms. The first-order valence-corrected chi connectivity index (χ1v) is 8.22. The van der Waals surface area contributed by atoms with Crippen LogP contribution in [0.1, 0.15) is 32.5 Å². The number of carbonyl (C=O) groups is 1. The molecule has 0 saturated heterocycles. The van der Waals surface area contributed by atoms with Crippen LogP contribution in [0.15, 0.2) is 29.1 Å². The number of aromatic nitrogens is 2. The number of nitrogens with zero attached hydrogens (tertiary/aromatic N) is 1. The van der Waals surface area contributed by atoms with Crippen molar-refractivity contribution in [2.24, 2.45) is 0 Å². The smallest absolute Gasteiger partial charge is 0.275 e. The molecule has 1 atom stereocenters. The van der Waals surface area contributed by atoms with E-state index in [2.05, 4.69) is 22.2 Å². The summed E-state index contributed by atoms with van der Waals surface area (Å²) in [4.78, 5) is 32.4. The van der Waals surface area contributed by atoms with Crippen LogP contribution in [0.25, 0.3) is 10.9 Å². The number of benzene rings is 1. The summed E-state index contributed by atoms with van der Waals surface area (Å²) in [6, 6.07) is 7.28. The number of unbranched alkanes of at least 4 members (excludes halogenated alkanes) is 1. The number of nitrogens with one attached hydrogen (secondary N) is 3. The van der Waals surface area contributed by atoms with E-state index in [4.69, 9.17) is 0 Å². The van der Waals surface area contributed by atoms with E-state index in [1.165, 1.54) is 0 Å². The van der Waals surface area contributed by atoms with Crippen molar-refractivity contribution in [3.8, 4) is 0 Å². The van der Waals surface area contributed by atoms with Gasteiger partial charge in [0.1, 0.15) is 6.54 Å². The molecule has 0 aliphatic carbocycles. The van der Waals surface area contributed by atoms with Gasteiger partial charge in [-0.15, -0.1) is 0 Å². The Kier molecular flexibility index (Phi) is 6.29. The van der Waals surface area contributed by atoms with E-state index >= 15 is 0 Å². The van der Waals surface area contributed by atoms with E-state index < -0.39 is 0 Å². The number of H-pyrrole nitrogens is 1. The first-order chi connectivity index (χ1) is 11.1. The second-order valence-corrected chi connectivity index (χ2v) is 5.69. The van der Waals surface area contributed by atoms with Crippen LogP contribution in [-0.2, 0) is 11.3 Å². The summed E-state index contributed by atoms with van der Waals surface area (Å²) in [5, 5.41) is 3.51. The molecule has 0 radical (unpaired) electrons. The average Bonchev–Trinajstić information content (AvgIpc) is 2.54. The summed E-state index contributed by atoms with van der Waals surface area (Å²) in [6.45, 7) is 6.54. The number of quaternary nitrogens is 1. The highest BCUT2D eigenvalue weighted by Crippen LogP contribution is 2.04. The summed E-state index contributed by atoms with van der Waals surface area (Å²) >= 11 is 0. The molecule has 1 heterocycles. The molecule has 2 aromatic rings. The molecule has 0 bridgehead atoms. The van der Waals surface area contributed by atoms with Crippen LogP contribution in [0.3, 0.4) is 0 Å². The first-order valence-electron chi connectivity index (χ1n) is 8.22. The highest BCUT2D eigenvalue weighted by molar-refractivity contribution is 5.77. The van der Waals surface area contributed by atoms with Gasteiger partial charge in [-0.2, -0.15) is 0 Å². The highest BCUT2D eigenvalue weighted by atomic mass is 16.2. The van der Waals surface area contributed by atoms with Gasteiger partial charge in [-0.3, -0.25) is 9.59 Å². The monoisotopic (exact) mass is 317 g/mol. The third-order valence-corrected chi connectivity index (χ3v) is 3.84. The maximum Gasteiger partial charge on any atom is 0.275 e. The Hall–Kier alpha value is -2.21. The first kappa shape index (κ1) is 17.1. The molecule has 1 aromatic heterocycles. The minimum Gasteiger partial charge on any atom is -0.351 e. The van der Waals surface area contributed by atoms with Crippen molar-refractivity contribution in [3.63, 3.8) is 0 Å². The summed E-state index contributed by atoms with van der Waals surface area (Å²) in [6.07, 6.45) is 2.06. The molecule has 6 nitrogen and oxygen atoms in total. The third-order valence-electron chi connectivity index (χ3n) is 3.84. The van der Waals surface area contributed by atoms with Crippen molar-refractivity contribution >= 4 is 16.8 Å². The van der Waals surface area contributed by atoms with E-state index in [1.807, 2.05) is 25.1 Å². The van der Waals surface area contributed by atoms with Crippen LogP contribution in [0.2, 0.25) is 0 Å². The van der Waals surface area contributed by atoms with E-state index in [-0.39, 0.29) is 11.5 Å². The van der Waals surface area contributed by atoms with E-state index in [0.29, 0.717) is 29.8 Å². The second kappa shape index (κ2) is 8.43. The molecule has 0 aliphatic heterocycles. The largest absolute Gasteiger partial charge is 0.351 e. The molecule has 1 aromatic carbocycles. The quantitative estimate of drug-likeness (QED) is 0.611. The molecule has 1 unspecified atom stereocenters. The van der Waals surface area contributed by atoms with Gasteiger partial charge in [-0.25, -0.2) is 4.98 Å². The Morgan fingerprint density at radius 3 is 2.83 bits per heavy atom. The minimum absolute atomic E-state index is 0.0402. The Labute approximate surface area is 135 Å². The second-order valence-electron chi connectivity index (χ2n) is 5.69. The zero-order valence-electron chi connectivity index (χ0n) is 13.8. The van der Waals surface area contributed by atoms with Gasteiger partial charge in [0, 0.05) is 6.54 Å². The van der Waals surface area contributed by atoms with Crippen molar-refractivity contribution in [2.75, 3.05) is 19.6 Å². The molecular weight excluding hydrogens is 292 g/mol. The standard InChI is InChI=1S/C17H24N4O2/c1-3-5-10-18-16(22)12-21(4-2)11-15-19-14-9-7-6-8-13(14)17(23)20-15/h6-9H,3-5,10-12H2,1-2H3,(H,18,22)(H,19,20,23)/p+1. The summed E-state index contributed by atoms with van der Waals surface area (Å²) < 4.78 is 0. The zero-order chi connectivity index (χ0) is 16.7. The van der Waals surface area contributed by atoms with E-state index in [1.54, 1.807) is 6.07 Å². The molecule has 3 N–H and O–H groups in total. The number of hydrogen-bond acceptors (Lipinski definition) is 3. The number of likely N-dealkylation sites (N-methyl/N-ethyl adjacent to an activating group) is 1. The van der Waals surface area contributed by atoms with Gasteiger partial charge in [0.05, 0.1) is 17.4 Å². The predicted octanol–water partition coefficient (Wildman–Crippen LogP) is 0.244. The van der Waals surface area contributed by atoms with E-state index in [0.717, 1.165) is 30.8 Å². The summed E-state index contributed by atoms with van der Waals surface area (Å²) in [7, 11) is 0. The number of para-hydroxylation sites is 1. The van der Waals surface area contributed by atoms with Gasteiger partial charge in [0.2, 0.25) is 0 Å². The van der Waals surface area contributed by atoms with Gasteiger partial charge in [0.25, 0.3) is 11.5 Å². The van der Waals surface area contributed by atoms with Crippen LogP contribution in [0.4, 0.5) is 0 Å². The molecule has 124 valence electrons. The number of amides is 1. The SMILES string of the molecule is CCCCNC(=O)C[NH+](CC)Cc1nc2ccccc2c(=O)[nH]1. The summed E-state index contributed by atoms with van der Waals surface area (Å²) in [5.41, 5.74) is 0.558. The number of rotatable bonds is 8. The summed E-state index contributed by atoms with van der Waals surface area (Å²) in [5.74, 6) is 0.658. The van der Waals surface area contributed by atoms with Crippen LogP contribution in [-0.4, -0.2) is 35.5 Å². The number of aromatic amines is 1. The number of carbonyl (C=O) groups excluding carboxylic acids is 1. The van der Waals surface area contributed by atoms with Crippen LogP contribution in [0.5, 0.6) is 0 Å². The van der Waals surface area contributed by atoms with Crippen molar-refractivity contribution in [3.05, 3.63) is 40.4 Å². The fraction of sp³-hybridized carbons (Fsp3) is 0.471. The minimum atomic E-state index is -0.131. The lowest BCUT2D eigenvalue weighted by Gasteiger charge is -2.16. The topological polar surface area (TPSA) is 79.3 Å². The maximum atomic E-state index is 12.1. The van der Waals surface area contributed by atoms with Gasteiger partial charge in [-0.05, 0) is 25.5 Å². The lowest BCUT2D eigenvalue weighted by Crippen LogP contribution is -3.11. The Morgan fingerprint density at radius 2 is 2.09 bits per heavy atom. The molecule has 1 amide bonds. The van der Waals surface area contributed by atoms with Gasteiger partial charge in [-0.1, -0.05) is 25.5 Å². The molecule has 0 aliphatic rings. The van der Waals surface area contributed by atoms with Crippen molar-refractivity contribution in [2.45, 2.75) is 33.2 Å². The van der Waals surface area contributed by atoms with Gasteiger partial charge < -0.3 is 15.2 Å². The molecule has 2 rings (SSSR count). The molecule has 0 fully saturated rings. The van der Waals surface area contributed by atoms with Crippen molar-refractivity contribution in [1.29, 1.82) is 0 Å². The Bertz CT molecular complexity index is 711. The fourth-order valence-electron chi connectivity index (χ4n) is 2.46. The molecule has 6 heteroatoms. The van der Waals surface area contributed by atoms with Crippen LogP contribution >= 0.6 is 0 Å². The van der Waals surface area contributed by atoms with Crippen LogP contribution in [0, 0.1) is 0 Å². The lowest BCUT2D eigenvalue weighted by atomic mass is 10.2. The fourth-order valence-corrected chi connectivity index (χ4v) is 2.46.